The van der Waals surface area contributed by atoms with Crippen LogP contribution in [0, 0.1) is 0 Å². The van der Waals surface area contributed by atoms with Crippen molar-refractivity contribution in [3.63, 3.8) is 0 Å². The molecule has 1 heterocycles. The van der Waals surface area contributed by atoms with Gasteiger partial charge in [-0.2, -0.15) is 0 Å². The monoisotopic (exact) mass is 272 g/mol. The van der Waals surface area contributed by atoms with Gasteiger partial charge < -0.3 is 9.47 Å². The highest BCUT2D eigenvalue weighted by atomic mass is 35.5. The molecule has 0 saturated carbocycles. The van der Waals surface area contributed by atoms with Crippen LogP contribution in [0.15, 0.2) is 12.1 Å². The summed E-state index contributed by atoms with van der Waals surface area (Å²) in [5.74, 6) is -0.0743. The summed E-state index contributed by atoms with van der Waals surface area (Å²) in [6.07, 6.45) is 0. The SMILES string of the molecule is CCOC(=O)COc1c(Cl)ccc2snnc12. The average Bonchev–Trinajstić information content (AvgIpc) is 2.76. The molecule has 0 unspecified atom stereocenters. The van der Waals surface area contributed by atoms with Crippen LogP contribution in [0.5, 0.6) is 5.75 Å². The summed E-state index contributed by atoms with van der Waals surface area (Å²) in [5.41, 5.74) is 0.562. The van der Waals surface area contributed by atoms with Crippen molar-refractivity contribution in [1.82, 2.24) is 9.59 Å². The molecule has 0 radical (unpaired) electrons. The van der Waals surface area contributed by atoms with E-state index in [4.69, 9.17) is 21.1 Å². The van der Waals surface area contributed by atoms with Crippen molar-refractivity contribution in [3.05, 3.63) is 17.2 Å². The number of benzene rings is 1. The number of carbonyl (C=O) groups is 1. The highest BCUT2D eigenvalue weighted by Gasteiger charge is 2.13. The van der Waals surface area contributed by atoms with Crippen molar-refractivity contribution in [1.29, 1.82) is 0 Å². The summed E-state index contributed by atoms with van der Waals surface area (Å²) in [6, 6.07) is 3.49. The smallest absolute Gasteiger partial charge is 0.344 e. The molecule has 1 aromatic heterocycles. The molecule has 2 aromatic rings. The number of rotatable bonds is 4. The Morgan fingerprint density at radius 1 is 1.53 bits per heavy atom. The molecule has 0 amide bonds. The topological polar surface area (TPSA) is 61.3 Å². The van der Waals surface area contributed by atoms with E-state index in [1.54, 1.807) is 19.1 Å². The van der Waals surface area contributed by atoms with Crippen molar-refractivity contribution >= 4 is 39.3 Å². The molecule has 5 nitrogen and oxygen atoms in total. The molecule has 90 valence electrons. The van der Waals surface area contributed by atoms with Crippen molar-refractivity contribution in [2.75, 3.05) is 13.2 Å². The zero-order chi connectivity index (χ0) is 12.3. The molecule has 17 heavy (non-hydrogen) atoms. The van der Waals surface area contributed by atoms with Crippen LogP contribution in [-0.4, -0.2) is 28.8 Å². The van der Waals surface area contributed by atoms with Crippen molar-refractivity contribution < 1.29 is 14.3 Å². The predicted octanol–water partition coefficient (Wildman–Crippen LogP) is 2.29. The van der Waals surface area contributed by atoms with E-state index in [0.29, 0.717) is 22.9 Å². The van der Waals surface area contributed by atoms with Gasteiger partial charge in [0.15, 0.2) is 12.4 Å². The number of hydrogen-bond donors (Lipinski definition) is 0. The van der Waals surface area contributed by atoms with E-state index in [2.05, 4.69) is 9.59 Å². The van der Waals surface area contributed by atoms with Crippen LogP contribution in [0.25, 0.3) is 10.2 Å². The molecule has 1 aromatic carbocycles. The maximum Gasteiger partial charge on any atom is 0.344 e. The largest absolute Gasteiger partial charge is 0.478 e. The van der Waals surface area contributed by atoms with Crippen LogP contribution >= 0.6 is 23.1 Å². The Morgan fingerprint density at radius 3 is 3.12 bits per heavy atom. The molecule has 2 rings (SSSR count). The number of aromatic nitrogens is 2. The first kappa shape index (κ1) is 12.1. The number of ether oxygens (including phenoxy) is 2. The summed E-state index contributed by atoms with van der Waals surface area (Å²) < 4.78 is 14.7. The second-order valence-electron chi connectivity index (χ2n) is 3.09. The lowest BCUT2D eigenvalue weighted by Gasteiger charge is -2.07. The third kappa shape index (κ3) is 2.65. The van der Waals surface area contributed by atoms with Crippen molar-refractivity contribution in [2.24, 2.45) is 0 Å². The van der Waals surface area contributed by atoms with Gasteiger partial charge in [0, 0.05) is 0 Å². The fraction of sp³-hybridized carbons (Fsp3) is 0.300. The first-order valence-corrected chi connectivity index (χ1v) is 6.06. The highest BCUT2D eigenvalue weighted by molar-refractivity contribution is 7.13. The summed E-state index contributed by atoms with van der Waals surface area (Å²) >= 11 is 7.22. The molecule has 0 saturated heterocycles. The van der Waals surface area contributed by atoms with Crippen LogP contribution in [0.1, 0.15) is 6.92 Å². The number of nitrogens with zero attached hydrogens (tertiary/aromatic N) is 2. The van der Waals surface area contributed by atoms with Gasteiger partial charge in [-0.15, -0.1) is 5.10 Å². The molecule has 0 bridgehead atoms. The fourth-order valence-electron chi connectivity index (χ4n) is 1.27. The summed E-state index contributed by atoms with van der Waals surface area (Å²) in [5, 5.41) is 4.31. The Balaban J connectivity index is 2.19. The second kappa shape index (κ2) is 5.29. The van der Waals surface area contributed by atoms with Crippen molar-refractivity contribution in [2.45, 2.75) is 6.92 Å². The second-order valence-corrected chi connectivity index (χ2v) is 4.28. The van der Waals surface area contributed by atoms with E-state index >= 15 is 0 Å². The van der Waals surface area contributed by atoms with E-state index in [1.807, 2.05) is 0 Å². The fourth-order valence-corrected chi connectivity index (χ4v) is 2.04. The molecule has 0 aliphatic heterocycles. The zero-order valence-corrected chi connectivity index (χ0v) is 10.5. The molecule has 0 spiro atoms. The van der Waals surface area contributed by atoms with E-state index in [-0.39, 0.29) is 6.61 Å². The molecule has 0 atom stereocenters. The zero-order valence-electron chi connectivity index (χ0n) is 8.97. The number of fused-ring (bicyclic) bond motifs is 1. The first-order valence-electron chi connectivity index (χ1n) is 4.91. The lowest BCUT2D eigenvalue weighted by atomic mass is 10.3. The number of hydrogen-bond acceptors (Lipinski definition) is 6. The van der Waals surface area contributed by atoms with Crippen LogP contribution in [0.4, 0.5) is 0 Å². The van der Waals surface area contributed by atoms with Gasteiger partial charge in [0.2, 0.25) is 0 Å². The van der Waals surface area contributed by atoms with E-state index in [0.717, 1.165) is 4.70 Å². The summed E-state index contributed by atoms with van der Waals surface area (Å²) in [6.45, 7) is 1.86. The summed E-state index contributed by atoms with van der Waals surface area (Å²) in [4.78, 5) is 11.2. The van der Waals surface area contributed by atoms with Crippen LogP contribution in [0.3, 0.4) is 0 Å². The number of esters is 1. The van der Waals surface area contributed by atoms with Crippen LogP contribution in [-0.2, 0) is 9.53 Å². The minimum Gasteiger partial charge on any atom is -0.478 e. The van der Waals surface area contributed by atoms with Gasteiger partial charge in [0.25, 0.3) is 0 Å². The van der Waals surface area contributed by atoms with Gasteiger partial charge >= 0.3 is 5.97 Å². The van der Waals surface area contributed by atoms with Gasteiger partial charge in [-0.25, -0.2) is 4.79 Å². The molecule has 0 N–H and O–H groups in total. The Hall–Kier alpha value is -1.40. The standard InChI is InChI=1S/C10H9ClN2O3S/c1-2-15-8(14)5-16-10-6(11)3-4-7-9(10)12-13-17-7/h3-4H,2,5H2,1H3. The van der Waals surface area contributed by atoms with Gasteiger partial charge in [-0.3, -0.25) is 0 Å². The molecular weight excluding hydrogens is 264 g/mol. The molecule has 7 heteroatoms. The Kier molecular flexibility index (Phi) is 3.75. The lowest BCUT2D eigenvalue weighted by molar-refractivity contribution is -0.145. The third-order valence-electron chi connectivity index (χ3n) is 1.97. The first-order chi connectivity index (χ1) is 8.22. The maximum absolute atomic E-state index is 11.2. The predicted molar refractivity (Wildman–Crippen MR) is 64.6 cm³/mol. The Labute approximate surface area is 106 Å². The Morgan fingerprint density at radius 2 is 2.35 bits per heavy atom. The average molecular weight is 273 g/mol. The molecule has 0 aliphatic carbocycles. The molecular formula is C10H9ClN2O3S. The van der Waals surface area contributed by atoms with Crippen molar-refractivity contribution in [3.8, 4) is 5.75 Å². The van der Waals surface area contributed by atoms with Crippen LogP contribution < -0.4 is 4.74 Å². The maximum atomic E-state index is 11.2. The van der Waals surface area contributed by atoms with Gasteiger partial charge in [-0.05, 0) is 30.6 Å². The van der Waals surface area contributed by atoms with E-state index < -0.39 is 5.97 Å². The normalized spacial score (nSPS) is 10.5. The highest BCUT2D eigenvalue weighted by Crippen LogP contribution is 2.33. The Bertz CT molecular complexity index is 543. The van der Waals surface area contributed by atoms with E-state index in [9.17, 15) is 4.79 Å². The summed E-state index contributed by atoms with van der Waals surface area (Å²) in [7, 11) is 0. The minimum atomic E-state index is -0.441. The number of halogens is 1. The number of carbonyl (C=O) groups excluding carboxylic acids is 1. The molecule has 0 fully saturated rings. The van der Waals surface area contributed by atoms with Gasteiger partial charge in [0.05, 0.1) is 16.3 Å². The van der Waals surface area contributed by atoms with E-state index in [1.165, 1.54) is 11.5 Å². The quantitative estimate of drug-likeness (QED) is 0.799. The van der Waals surface area contributed by atoms with Crippen LogP contribution in [0.2, 0.25) is 5.02 Å². The van der Waals surface area contributed by atoms with Gasteiger partial charge in [0.1, 0.15) is 5.52 Å². The third-order valence-corrected chi connectivity index (χ3v) is 2.95. The van der Waals surface area contributed by atoms with Gasteiger partial charge in [-0.1, -0.05) is 16.1 Å². The lowest BCUT2D eigenvalue weighted by Crippen LogP contribution is -2.14. The minimum absolute atomic E-state index is 0.190. The molecule has 0 aliphatic rings.